The summed E-state index contributed by atoms with van der Waals surface area (Å²) in [5, 5.41) is 3.25. The van der Waals surface area contributed by atoms with Crippen molar-refractivity contribution in [3.63, 3.8) is 0 Å². The van der Waals surface area contributed by atoms with Gasteiger partial charge in [-0.25, -0.2) is 0 Å². The molecule has 0 aromatic carbocycles. The predicted octanol–water partition coefficient (Wildman–Crippen LogP) is 1.43. The number of alkyl halides is 1. The smallest absolute Gasteiger partial charge is 0.0602 e. The third kappa shape index (κ3) is 5.17. The summed E-state index contributed by atoms with van der Waals surface area (Å²) in [6.45, 7) is 2.99. The Morgan fingerprint density at radius 1 is 1.43 bits per heavy atom. The second kappa shape index (κ2) is 7.74. The largest absolute Gasteiger partial charge is 0.379 e. The third-order valence-corrected chi connectivity index (χ3v) is 1.85. The van der Waals surface area contributed by atoms with Crippen molar-refractivity contribution >= 4 is 11.6 Å². The lowest BCUT2D eigenvalue weighted by atomic mass is 10.3. The maximum atomic E-state index is 5.46. The van der Waals surface area contributed by atoms with Gasteiger partial charge in [0.1, 0.15) is 0 Å². The lowest BCUT2D eigenvalue weighted by molar-refractivity contribution is 0.151. The van der Waals surface area contributed by atoms with Crippen LogP contribution in [0.15, 0.2) is 24.5 Å². The molecule has 0 saturated heterocycles. The summed E-state index contributed by atoms with van der Waals surface area (Å²) < 4.78 is 5.21. The summed E-state index contributed by atoms with van der Waals surface area (Å²) in [5.74, 6) is 0.558. The normalized spacial score (nSPS) is 10.4. The van der Waals surface area contributed by atoms with Crippen molar-refractivity contribution in [3.05, 3.63) is 30.1 Å². The molecule has 1 aromatic rings. The molecule has 4 heteroatoms. The molecule has 0 unspecified atom stereocenters. The average Bonchev–Trinajstić information content (AvgIpc) is 2.25. The maximum Gasteiger partial charge on any atom is 0.0602 e. The van der Waals surface area contributed by atoms with E-state index in [0.717, 1.165) is 13.1 Å². The first kappa shape index (κ1) is 11.4. The fraction of sp³-hybridized carbons (Fsp3) is 0.500. The molecule has 3 nitrogen and oxygen atoms in total. The number of ether oxygens (including phenoxy) is 1. The molecule has 0 spiro atoms. The first-order chi connectivity index (χ1) is 6.93. The Balaban J connectivity index is 1.99. The van der Waals surface area contributed by atoms with E-state index in [1.165, 1.54) is 5.56 Å². The van der Waals surface area contributed by atoms with E-state index in [9.17, 15) is 0 Å². The minimum atomic E-state index is 0.558. The van der Waals surface area contributed by atoms with Crippen molar-refractivity contribution in [2.75, 3.05) is 25.6 Å². The third-order valence-electron chi connectivity index (χ3n) is 1.70. The zero-order chi connectivity index (χ0) is 10.1. The summed E-state index contributed by atoms with van der Waals surface area (Å²) in [6.07, 6.45) is 3.62. The van der Waals surface area contributed by atoms with Gasteiger partial charge in [0.25, 0.3) is 0 Å². The molecule has 1 aromatic heterocycles. The number of nitrogens with zero attached hydrogens (tertiary/aromatic N) is 1. The second-order valence-corrected chi connectivity index (χ2v) is 3.22. The van der Waals surface area contributed by atoms with Crippen LogP contribution in [-0.4, -0.2) is 30.6 Å². The molecular formula is C10H15ClN2O. The molecule has 0 bridgehead atoms. The van der Waals surface area contributed by atoms with Crippen LogP contribution in [0.25, 0.3) is 0 Å². The topological polar surface area (TPSA) is 34.1 Å². The summed E-state index contributed by atoms with van der Waals surface area (Å²) in [5.41, 5.74) is 1.19. The van der Waals surface area contributed by atoms with Gasteiger partial charge in [-0.1, -0.05) is 6.07 Å². The van der Waals surface area contributed by atoms with Crippen LogP contribution in [0.2, 0.25) is 0 Å². The van der Waals surface area contributed by atoms with Crippen LogP contribution in [0.1, 0.15) is 5.56 Å². The van der Waals surface area contributed by atoms with Gasteiger partial charge in [-0.15, -0.1) is 11.6 Å². The maximum absolute atomic E-state index is 5.46. The highest BCUT2D eigenvalue weighted by molar-refractivity contribution is 6.17. The lowest BCUT2D eigenvalue weighted by Crippen LogP contribution is -2.19. The van der Waals surface area contributed by atoms with Crippen LogP contribution < -0.4 is 5.32 Å². The fourth-order valence-electron chi connectivity index (χ4n) is 1.04. The molecule has 78 valence electrons. The van der Waals surface area contributed by atoms with Crippen molar-refractivity contribution in [2.24, 2.45) is 0 Å². The van der Waals surface area contributed by atoms with E-state index >= 15 is 0 Å². The number of rotatable bonds is 7. The van der Waals surface area contributed by atoms with Gasteiger partial charge in [0, 0.05) is 31.4 Å². The van der Waals surface area contributed by atoms with Crippen LogP contribution in [-0.2, 0) is 11.3 Å². The van der Waals surface area contributed by atoms with E-state index in [1.807, 2.05) is 18.3 Å². The lowest BCUT2D eigenvalue weighted by Gasteiger charge is -2.04. The van der Waals surface area contributed by atoms with Gasteiger partial charge in [0.2, 0.25) is 0 Å². The summed E-state index contributed by atoms with van der Waals surface area (Å²) in [4.78, 5) is 4.02. The van der Waals surface area contributed by atoms with Crippen molar-refractivity contribution < 1.29 is 4.74 Å². The van der Waals surface area contributed by atoms with E-state index in [2.05, 4.69) is 10.3 Å². The van der Waals surface area contributed by atoms with Crippen LogP contribution in [0, 0.1) is 0 Å². The van der Waals surface area contributed by atoms with Crippen LogP contribution in [0.3, 0.4) is 0 Å². The highest BCUT2D eigenvalue weighted by Gasteiger charge is 1.91. The highest BCUT2D eigenvalue weighted by atomic mass is 35.5. The molecule has 0 radical (unpaired) electrons. The molecule has 0 aliphatic carbocycles. The molecule has 1 rings (SSSR count). The molecule has 0 amide bonds. The Labute approximate surface area is 89.4 Å². The standard InChI is InChI=1S/C10H15ClN2O/c11-3-6-14-7-5-13-9-10-2-1-4-12-8-10/h1-2,4,8,13H,3,5-7,9H2. The highest BCUT2D eigenvalue weighted by Crippen LogP contribution is 1.93. The van der Waals surface area contributed by atoms with Gasteiger partial charge in [-0.2, -0.15) is 0 Å². The first-order valence-corrected chi connectivity index (χ1v) is 5.20. The molecule has 0 aliphatic heterocycles. The van der Waals surface area contributed by atoms with Crippen LogP contribution in [0.5, 0.6) is 0 Å². The monoisotopic (exact) mass is 214 g/mol. The van der Waals surface area contributed by atoms with Crippen molar-refractivity contribution in [1.82, 2.24) is 10.3 Å². The van der Waals surface area contributed by atoms with Crippen molar-refractivity contribution in [2.45, 2.75) is 6.54 Å². The summed E-state index contributed by atoms with van der Waals surface area (Å²) in [7, 11) is 0. The van der Waals surface area contributed by atoms with Gasteiger partial charge in [0.15, 0.2) is 0 Å². The number of aromatic nitrogens is 1. The van der Waals surface area contributed by atoms with Crippen molar-refractivity contribution in [1.29, 1.82) is 0 Å². The van der Waals surface area contributed by atoms with Crippen LogP contribution >= 0.6 is 11.6 Å². The van der Waals surface area contributed by atoms with E-state index in [0.29, 0.717) is 19.1 Å². The first-order valence-electron chi connectivity index (χ1n) is 4.67. The number of hydrogen-bond donors (Lipinski definition) is 1. The van der Waals surface area contributed by atoms with E-state index in [1.54, 1.807) is 6.20 Å². The molecule has 1 heterocycles. The van der Waals surface area contributed by atoms with E-state index in [-0.39, 0.29) is 0 Å². The van der Waals surface area contributed by atoms with E-state index in [4.69, 9.17) is 16.3 Å². The zero-order valence-electron chi connectivity index (χ0n) is 8.08. The Bertz CT molecular complexity index is 231. The van der Waals surface area contributed by atoms with Gasteiger partial charge in [0.05, 0.1) is 13.2 Å². The second-order valence-electron chi connectivity index (χ2n) is 2.84. The Hall–Kier alpha value is -0.640. The number of pyridine rings is 1. The van der Waals surface area contributed by atoms with Gasteiger partial charge < -0.3 is 10.1 Å². The Morgan fingerprint density at radius 2 is 2.36 bits per heavy atom. The predicted molar refractivity (Wildman–Crippen MR) is 57.5 cm³/mol. The minimum Gasteiger partial charge on any atom is -0.379 e. The molecule has 14 heavy (non-hydrogen) atoms. The molecule has 1 N–H and O–H groups in total. The SMILES string of the molecule is ClCCOCCNCc1cccnc1. The molecule has 0 saturated carbocycles. The Morgan fingerprint density at radius 3 is 3.07 bits per heavy atom. The van der Waals surface area contributed by atoms with Gasteiger partial charge in [-0.3, -0.25) is 4.98 Å². The fourth-order valence-corrected chi connectivity index (χ4v) is 1.15. The number of halogens is 1. The zero-order valence-corrected chi connectivity index (χ0v) is 8.83. The van der Waals surface area contributed by atoms with Crippen molar-refractivity contribution in [3.8, 4) is 0 Å². The quantitative estimate of drug-likeness (QED) is 0.551. The molecule has 0 atom stereocenters. The number of hydrogen-bond acceptors (Lipinski definition) is 3. The van der Waals surface area contributed by atoms with Gasteiger partial charge in [-0.05, 0) is 11.6 Å². The number of nitrogens with one attached hydrogen (secondary N) is 1. The molecular weight excluding hydrogens is 200 g/mol. The molecule has 0 aliphatic rings. The molecule has 0 fully saturated rings. The van der Waals surface area contributed by atoms with E-state index < -0.39 is 0 Å². The van der Waals surface area contributed by atoms with Gasteiger partial charge >= 0.3 is 0 Å². The van der Waals surface area contributed by atoms with Crippen LogP contribution in [0.4, 0.5) is 0 Å². The Kier molecular flexibility index (Phi) is 6.32. The minimum absolute atomic E-state index is 0.558. The average molecular weight is 215 g/mol. The summed E-state index contributed by atoms with van der Waals surface area (Å²) >= 11 is 5.46. The summed E-state index contributed by atoms with van der Waals surface area (Å²) in [6, 6.07) is 3.97.